The van der Waals surface area contributed by atoms with E-state index in [-0.39, 0.29) is 12.6 Å². The lowest BCUT2D eigenvalue weighted by Gasteiger charge is -2.28. The normalized spacial score (nSPS) is 15.4. The van der Waals surface area contributed by atoms with Crippen LogP contribution in [0.15, 0.2) is 0 Å². The predicted molar refractivity (Wildman–Crippen MR) is 67.3 cm³/mol. The minimum Gasteiger partial charge on any atom is -0.396 e. The molecule has 0 aliphatic carbocycles. The Bertz CT molecular complexity index is 296. The van der Waals surface area contributed by atoms with E-state index in [1.807, 2.05) is 0 Å². The van der Waals surface area contributed by atoms with Gasteiger partial charge in [0.25, 0.3) is 0 Å². The van der Waals surface area contributed by atoms with Crippen molar-refractivity contribution >= 4 is 9.84 Å². The highest BCUT2D eigenvalue weighted by Crippen LogP contribution is 2.15. The zero-order valence-corrected chi connectivity index (χ0v) is 11.8. The minimum atomic E-state index is -3.06. The fourth-order valence-corrected chi connectivity index (χ4v) is 1.66. The van der Waals surface area contributed by atoms with Crippen molar-refractivity contribution in [3.8, 4) is 0 Å². The van der Waals surface area contributed by atoms with Crippen LogP contribution in [0.1, 0.15) is 34.1 Å². The maximum atomic E-state index is 11.5. The molecule has 0 bridgehead atoms. The van der Waals surface area contributed by atoms with Gasteiger partial charge in [-0.15, -0.1) is 0 Å². The van der Waals surface area contributed by atoms with Crippen molar-refractivity contribution < 1.29 is 13.5 Å². The molecule has 0 rings (SSSR count). The summed E-state index contributed by atoms with van der Waals surface area (Å²) < 4.78 is 22.2. The van der Waals surface area contributed by atoms with Crippen molar-refractivity contribution in [1.29, 1.82) is 0 Å². The molecule has 0 fully saturated rings. The van der Waals surface area contributed by atoms with Crippen molar-refractivity contribution in [1.82, 2.24) is 5.32 Å². The molecule has 0 saturated carbocycles. The molecule has 4 nitrogen and oxygen atoms in total. The molecule has 1 atom stereocenters. The zero-order valence-electron chi connectivity index (χ0n) is 10.9. The molecule has 0 aromatic carbocycles. The summed E-state index contributed by atoms with van der Waals surface area (Å²) in [6.07, 6.45) is 1.91. The Balaban J connectivity index is 4.42. The van der Waals surface area contributed by atoms with Gasteiger partial charge in [-0.1, -0.05) is 13.8 Å². The van der Waals surface area contributed by atoms with Crippen LogP contribution in [-0.2, 0) is 9.84 Å². The van der Waals surface area contributed by atoms with Gasteiger partial charge in [0.15, 0.2) is 9.84 Å². The summed E-state index contributed by atoms with van der Waals surface area (Å²) >= 11 is 0. The summed E-state index contributed by atoms with van der Waals surface area (Å²) in [5.74, 6) is 0.377. The summed E-state index contributed by atoms with van der Waals surface area (Å²) in [5, 5.41) is 12.1. The van der Waals surface area contributed by atoms with Crippen LogP contribution >= 0.6 is 0 Å². The Morgan fingerprint density at radius 3 is 2.12 bits per heavy atom. The smallest absolute Gasteiger partial charge is 0.153 e. The van der Waals surface area contributed by atoms with E-state index >= 15 is 0 Å². The first kappa shape index (κ1) is 15.9. The quantitative estimate of drug-likeness (QED) is 0.702. The molecule has 0 radical (unpaired) electrons. The molecule has 0 aliphatic rings. The van der Waals surface area contributed by atoms with Gasteiger partial charge < -0.3 is 10.4 Å². The molecule has 98 valence electrons. The van der Waals surface area contributed by atoms with E-state index in [9.17, 15) is 8.42 Å². The topological polar surface area (TPSA) is 66.4 Å². The highest BCUT2D eigenvalue weighted by atomic mass is 32.2. The average molecular weight is 251 g/mol. The van der Waals surface area contributed by atoms with Crippen molar-refractivity contribution in [2.75, 3.05) is 19.4 Å². The summed E-state index contributed by atoms with van der Waals surface area (Å²) in [7, 11) is -3.06. The molecule has 16 heavy (non-hydrogen) atoms. The van der Waals surface area contributed by atoms with Crippen LogP contribution in [0, 0.1) is 5.92 Å². The van der Waals surface area contributed by atoms with E-state index < -0.39 is 14.6 Å². The summed E-state index contributed by atoms with van der Waals surface area (Å²) in [5.41, 5.74) is 0. The van der Waals surface area contributed by atoms with Gasteiger partial charge in [-0.3, -0.25) is 0 Å². The monoisotopic (exact) mass is 251 g/mol. The van der Waals surface area contributed by atoms with Crippen LogP contribution in [-0.4, -0.2) is 43.7 Å². The summed E-state index contributed by atoms with van der Waals surface area (Å²) in [4.78, 5) is 0. The molecule has 0 heterocycles. The largest absolute Gasteiger partial charge is 0.396 e. The van der Waals surface area contributed by atoms with Gasteiger partial charge in [-0.25, -0.2) is 8.42 Å². The second-order valence-corrected chi connectivity index (χ2v) is 7.93. The first-order valence-electron chi connectivity index (χ1n) is 5.65. The van der Waals surface area contributed by atoms with Gasteiger partial charge in [-0.05, 0) is 26.2 Å². The fourth-order valence-electron chi connectivity index (χ4n) is 1.32. The van der Waals surface area contributed by atoms with Gasteiger partial charge in [-0.2, -0.15) is 0 Å². The summed E-state index contributed by atoms with van der Waals surface area (Å²) in [6.45, 7) is 8.07. The van der Waals surface area contributed by atoms with E-state index in [2.05, 4.69) is 19.2 Å². The first-order chi connectivity index (χ1) is 7.12. The van der Waals surface area contributed by atoms with E-state index in [0.29, 0.717) is 18.9 Å². The summed E-state index contributed by atoms with van der Waals surface area (Å²) in [6, 6.07) is 0.158. The number of rotatable bonds is 7. The highest BCUT2D eigenvalue weighted by Gasteiger charge is 2.30. The molecule has 1 unspecified atom stereocenters. The van der Waals surface area contributed by atoms with Gasteiger partial charge in [0.2, 0.25) is 0 Å². The lowest BCUT2D eigenvalue weighted by molar-refractivity contribution is 0.242. The maximum Gasteiger partial charge on any atom is 0.153 e. The Hall–Kier alpha value is -0.130. The van der Waals surface area contributed by atoms with Gasteiger partial charge in [0, 0.05) is 25.4 Å². The van der Waals surface area contributed by atoms with Crippen LogP contribution in [0.25, 0.3) is 0 Å². The number of aliphatic hydroxyl groups is 1. The molecule has 0 saturated heterocycles. The standard InChI is InChI=1S/C11H25NO3S/c1-9(2)10(6-7-13)12-8-11(3,4)16(5,14)15/h9-10,12-13H,6-8H2,1-5H3. The molecule has 0 aromatic rings. The van der Waals surface area contributed by atoms with Crippen molar-refractivity contribution in [3.05, 3.63) is 0 Å². The van der Waals surface area contributed by atoms with Gasteiger partial charge in [0.1, 0.15) is 0 Å². The molecule has 5 heteroatoms. The minimum absolute atomic E-state index is 0.120. The number of hydrogen-bond donors (Lipinski definition) is 2. The van der Waals surface area contributed by atoms with Crippen molar-refractivity contribution in [2.24, 2.45) is 5.92 Å². The lowest BCUT2D eigenvalue weighted by atomic mass is 10.0. The molecule has 0 aliphatic heterocycles. The predicted octanol–water partition coefficient (Wildman–Crippen LogP) is 0.806. The third-order valence-electron chi connectivity index (χ3n) is 3.04. The highest BCUT2D eigenvalue weighted by molar-refractivity contribution is 7.92. The molecule has 0 spiro atoms. The van der Waals surface area contributed by atoms with Crippen LogP contribution in [0.3, 0.4) is 0 Å². The van der Waals surface area contributed by atoms with E-state index in [1.165, 1.54) is 6.26 Å². The third kappa shape index (κ3) is 4.80. The Morgan fingerprint density at radius 1 is 1.31 bits per heavy atom. The molecule has 0 amide bonds. The average Bonchev–Trinajstić information content (AvgIpc) is 2.09. The van der Waals surface area contributed by atoms with E-state index in [0.717, 1.165) is 0 Å². The van der Waals surface area contributed by atoms with Gasteiger partial charge in [0.05, 0.1) is 4.75 Å². The van der Waals surface area contributed by atoms with E-state index in [4.69, 9.17) is 5.11 Å². The van der Waals surface area contributed by atoms with Crippen LogP contribution in [0.2, 0.25) is 0 Å². The first-order valence-corrected chi connectivity index (χ1v) is 7.55. The van der Waals surface area contributed by atoms with Gasteiger partial charge >= 0.3 is 0 Å². The molecular weight excluding hydrogens is 226 g/mol. The fraction of sp³-hybridized carbons (Fsp3) is 1.00. The molecule has 0 aromatic heterocycles. The molecular formula is C11H25NO3S. The Kier molecular flexibility index (Phi) is 5.93. The Labute approximate surface area is 99.4 Å². The van der Waals surface area contributed by atoms with Crippen molar-refractivity contribution in [2.45, 2.75) is 44.9 Å². The zero-order chi connectivity index (χ0) is 13.0. The number of sulfone groups is 1. The van der Waals surface area contributed by atoms with E-state index in [1.54, 1.807) is 13.8 Å². The second-order valence-electron chi connectivity index (χ2n) is 5.28. The second kappa shape index (κ2) is 5.98. The third-order valence-corrected chi connectivity index (χ3v) is 5.19. The number of nitrogens with one attached hydrogen (secondary N) is 1. The molecule has 2 N–H and O–H groups in total. The SMILES string of the molecule is CC(C)C(CCO)NCC(C)(C)S(C)(=O)=O. The maximum absolute atomic E-state index is 11.5. The van der Waals surface area contributed by atoms with Crippen LogP contribution in [0.4, 0.5) is 0 Å². The van der Waals surface area contributed by atoms with Crippen LogP contribution < -0.4 is 5.32 Å². The number of hydrogen-bond acceptors (Lipinski definition) is 4. The van der Waals surface area contributed by atoms with Crippen molar-refractivity contribution in [3.63, 3.8) is 0 Å². The number of aliphatic hydroxyl groups excluding tert-OH is 1. The Morgan fingerprint density at radius 2 is 1.81 bits per heavy atom. The lowest BCUT2D eigenvalue weighted by Crippen LogP contribution is -2.47. The van der Waals surface area contributed by atoms with Crippen LogP contribution in [0.5, 0.6) is 0 Å².